The molecule has 0 aliphatic carbocycles. The Balaban J connectivity index is 1.99. The topological polar surface area (TPSA) is 70.8 Å². The summed E-state index contributed by atoms with van der Waals surface area (Å²) in [7, 11) is -0.595. The van der Waals surface area contributed by atoms with E-state index in [9.17, 15) is 13.2 Å². The second kappa shape index (κ2) is 6.64. The first kappa shape index (κ1) is 16.7. The Kier molecular flexibility index (Phi) is 5.05. The minimum Gasteiger partial charge on any atom is -0.464 e. The smallest absolute Gasteiger partial charge is 0.252 e. The molecular formula is C14H18N2O4S2. The molecule has 22 heavy (non-hydrogen) atoms. The van der Waals surface area contributed by atoms with Crippen molar-refractivity contribution in [1.82, 2.24) is 9.21 Å². The van der Waals surface area contributed by atoms with Gasteiger partial charge >= 0.3 is 0 Å². The minimum atomic E-state index is -3.61. The predicted octanol–water partition coefficient (Wildman–Crippen LogP) is 1.93. The number of thiophene rings is 1. The summed E-state index contributed by atoms with van der Waals surface area (Å²) in [5.41, 5.74) is 0. The fourth-order valence-corrected chi connectivity index (χ4v) is 4.17. The van der Waals surface area contributed by atoms with Crippen LogP contribution in [-0.4, -0.2) is 44.2 Å². The van der Waals surface area contributed by atoms with Crippen molar-refractivity contribution in [3.8, 4) is 0 Å². The highest BCUT2D eigenvalue weighted by Crippen LogP contribution is 2.19. The van der Waals surface area contributed by atoms with E-state index in [1.54, 1.807) is 24.6 Å². The number of amides is 1. The molecule has 0 aliphatic rings. The zero-order valence-electron chi connectivity index (χ0n) is 12.6. The van der Waals surface area contributed by atoms with E-state index >= 15 is 0 Å². The van der Waals surface area contributed by atoms with Crippen molar-refractivity contribution < 1.29 is 17.6 Å². The second-order valence-corrected chi connectivity index (χ2v) is 8.17. The summed E-state index contributed by atoms with van der Waals surface area (Å²) in [4.78, 5) is 13.6. The first-order valence-electron chi connectivity index (χ1n) is 6.60. The lowest BCUT2D eigenvalue weighted by molar-refractivity contribution is -0.130. The van der Waals surface area contributed by atoms with E-state index in [4.69, 9.17) is 4.42 Å². The number of carbonyl (C=O) groups excluding carboxylic acids is 1. The number of hydrogen-bond acceptors (Lipinski definition) is 5. The van der Waals surface area contributed by atoms with Crippen LogP contribution in [0.4, 0.5) is 0 Å². The highest BCUT2D eigenvalue weighted by molar-refractivity contribution is 7.91. The molecule has 0 aromatic carbocycles. The van der Waals surface area contributed by atoms with E-state index in [-0.39, 0.29) is 16.7 Å². The van der Waals surface area contributed by atoms with Gasteiger partial charge in [-0.1, -0.05) is 6.07 Å². The van der Waals surface area contributed by atoms with Gasteiger partial charge in [-0.3, -0.25) is 4.79 Å². The zero-order chi connectivity index (χ0) is 16.3. The largest absolute Gasteiger partial charge is 0.464 e. The molecule has 0 N–H and O–H groups in total. The first-order valence-corrected chi connectivity index (χ1v) is 8.92. The van der Waals surface area contributed by atoms with Crippen LogP contribution in [0.2, 0.25) is 0 Å². The Bertz CT molecular complexity index is 735. The lowest BCUT2D eigenvalue weighted by atomic mass is 10.4. The number of carbonyl (C=O) groups is 1. The lowest BCUT2D eigenvalue weighted by Gasteiger charge is -2.20. The molecule has 0 radical (unpaired) electrons. The van der Waals surface area contributed by atoms with Gasteiger partial charge in [0.1, 0.15) is 15.7 Å². The average molecular weight is 342 g/mol. The Morgan fingerprint density at radius 3 is 2.55 bits per heavy atom. The van der Waals surface area contributed by atoms with E-state index in [1.165, 1.54) is 18.0 Å². The maximum absolute atomic E-state index is 12.3. The van der Waals surface area contributed by atoms with Gasteiger partial charge in [0.15, 0.2) is 0 Å². The number of nitrogens with zero attached hydrogens (tertiary/aromatic N) is 2. The zero-order valence-corrected chi connectivity index (χ0v) is 14.3. The first-order chi connectivity index (χ1) is 10.3. The van der Waals surface area contributed by atoms with E-state index in [2.05, 4.69) is 0 Å². The lowest BCUT2D eigenvalue weighted by Crippen LogP contribution is -2.38. The third kappa shape index (κ3) is 3.76. The highest BCUT2D eigenvalue weighted by Gasteiger charge is 2.25. The normalized spacial score (nSPS) is 11.8. The monoisotopic (exact) mass is 342 g/mol. The summed E-state index contributed by atoms with van der Waals surface area (Å²) in [6.07, 6.45) is 0. The molecule has 6 nitrogen and oxygen atoms in total. The highest BCUT2D eigenvalue weighted by atomic mass is 32.2. The van der Waals surface area contributed by atoms with Crippen LogP contribution in [0.15, 0.2) is 38.3 Å². The van der Waals surface area contributed by atoms with Gasteiger partial charge in [-0.15, -0.1) is 11.3 Å². The van der Waals surface area contributed by atoms with E-state index in [1.807, 2.05) is 13.0 Å². The number of furan rings is 1. The van der Waals surface area contributed by atoms with E-state index < -0.39 is 10.0 Å². The van der Waals surface area contributed by atoms with Gasteiger partial charge in [-0.2, -0.15) is 4.31 Å². The Morgan fingerprint density at radius 1 is 1.27 bits per heavy atom. The molecule has 8 heteroatoms. The quantitative estimate of drug-likeness (QED) is 0.804. The molecule has 1 amide bonds. The Hall–Kier alpha value is -1.64. The average Bonchev–Trinajstić information content (AvgIpc) is 3.10. The standard InChI is InChI=1S/C14H18N2O4S2/c1-11-6-7-12(20-11)9-15(2)13(17)10-16(3)22(18,19)14-5-4-8-21-14/h4-8H,9-10H2,1-3H3. The van der Waals surface area contributed by atoms with Crippen LogP contribution >= 0.6 is 11.3 Å². The second-order valence-electron chi connectivity index (χ2n) is 4.96. The van der Waals surface area contributed by atoms with Gasteiger partial charge in [0.05, 0.1) is 13.1 Å². The molecule has 0 saturated heterocycles. The molecule has 0 unspecified atom stereocenters. The fourth-order valence-electron chi connectivity index (χ4n) is 1.85. The van der Waals surface area contributed by atoms with Gasteiger partial charge in [-0.25, -0.2) is 8.42 Å². The van der Waals surface area contributed by atoms with Crippen LogP contribution in [0, 0.1) is 6.92 Å². The molecule has 0 fully saturated rings. The van der Waals surface area contributed by atoms with Crippen molar-refractivity contribution in [2.45, 2.75) is 17.7 Å². The molecule has 0 saturated carbocycles. The van der Waals surface area contributed by atoms with Crippen molar-refractivity contribution in [2.24, 2.45) is 0 Å². The molecule has 2 aromatic rings. The van der Waals surface area contributed by atoms with Crippen molar-refractivity contribution >= 4 is 27.3 Å². The molecule has 0 atom stereocenters. The summed E-state index contributed by atoms with van der Waals surface area (Å²) in [5, 5.41) is 1.69. The molecule has 0 bridgehead atoms. The van der Waals surface area contributed by atoms with Crippen LogP contribution in [0.5, 0.6) is 0 Å². The van der Waals surface area contributed by atoms with Crippen molar-refractivity contribution in [3.63, 3.8) is 0 Å². The molecule has 0 aliphatic heterocycles. The van der Waals surface area contributed by atoms with Crippen LogP contribution in [0.1, 0.15) is 11.5 Å². The van der Waals surface area contributed by atoms with Gasteiger partial charge in [0.2, 0.25) is 5.91 Å². The number of aryl methyl sites for hydroxylation is 1. The Morgan fingerprint density at radius 2 is 2.00 bits per heavy atom. The van der Waals surface area contributed by atoms with Gasteiger partial charge in [-0.05, 0) is 30.5 Å². The maximum Gasteiger partial charge on any atom is 0.252 e. The van der Waals surface area contributed by atoms with Crippen LogP contribution < -0.4 is 0 Å². The van der Waals surface area contributed by atoms with Crippen LogP contribution in [-0.2, 0) is 21.4 Å². The number of sulfonamides is 1. The van der Waals surface area contributed by atoms with Crippen LogP contribution in [0.25, 0.3) is 0 Å². The summed E-state index contributed by atoms with van der Waals surface area (Å²) >= 11 is 1.13. The number of likely N-dealkylation sites (N-methyl/N-ethyl adjacent to an activating group) is 2. The SMILES string of the molecule is Cc1ccc(CN(C)C(=O)CN(C)S(=O)(=O)c2cccs2)o1. The van der Waals surface area contributed by atoms with E-state index in [0.29, 0.717) is 12.3 Å². The molecule has 0 spiro atoms. The van der Waals surface area contributed by atoms with Crippen molar-refractivity contribution in [1.29, 1.82) is 0 Å². The molecule has 120 valence electrons. The number of hydrogen-bond donors (Lipinski definition) is 0. The van der Waals surface area contributed by atoms with Gasteiger partial charge < -0.3 is 9.32 Å². The molecular weight excluding hydrogens is 324 g/mol. The van der Waals surface area contributed by atoms with Gasteiger partial charge in [0, 0.05) is 14.1 Å². The van der Waals surface area contributed by atoms with E-state index in [0.717, 1.165) is 21.4 Å². The predicted molar refractivity (Wildman–Crippen MR) is 84.1 cm³/mol. The molecule has 2 heterocycles. The number of rotatable bonds is 6. The van der Waals surface area contributed by atoms with Crippen molar-refractivity contribution in [3.05, 3.63) is 41.2 Å². The third-order valence-electron chi connectivity index (χ3n) is 3.13. The fraction of sp³-hybridized carbons (Fsp3) is 0.357. The minimum absolute atomic E-state index is 0.212. The summed E-state index contributed by atoms with van der Waals surface area (Å²) in [5.74, 6) is 1.14. The molecule has 2 rings (SSSR count). The van der Waals surface area contributed by atoms with Gasteiger partial charge in [0.25, 0.3) is 10.0 Å². The van der Waals surface area contributed by atoms with Crippen LogP contribution in [0.3, 0.4) is 0 Å². The third-order valence-corrected chi connectivity index (χ3v) is 6.31. The maximum atomic E-state index is 12.3. The van der Waals surface area contributed by atoms with Crippen molar-refractivity contribution in [2.75, 3.05) is 20.6 Å². The Labute approximate surface area is 134 Å². The summed E-state index contributed by atoms with van der Waals surface area (Å²) < 4.78 is 31.2. The summed E-state index contributed by atoms with van der Waals surface area (Å²) in [6.45, 7) is 1.92. The summed E-state index contributed by atoms with van der Waals surface area (Å²) in [6, 6.07) is 6.81. The molecule has 2 aromatic heterocycles.